The third-order valence-corrected chi connectivity index (χ3v) is 7.88. The van der Waals surface area contributed by atoms with Crippen molar-refractivity contribution in [1.82, 2.24) is 9.21 Å². The number of sulfonamides is 1. The Balaban J connectivity index is 1.81. The first-order valence-electron chi connectivity index (χ1n) is 7.81. The molecule has 1 atom stereocenters. The van der Waals surface area contributed by atoms with Crippen LogP contribution in [0.15, 0.2) is 18.4 Å². The van der Waals surface area contributed by atoms with Gasteiger partial charge in [-0.15, -0.1) is 20.1 Å². The Morgan fingerprint density at radius 3 is 2.69 bits per heavy atom. The van der Waals surface area contributed by atoms with Crippen LogP contribution in [0.3, 0.4) is 0 Å². The molecule has 2 N–H and O–H groups in total. The van der Waals surface area contributed by atoms with Crippen molar-refractivity contribution in [3.8, 4) is 5.75 Å². The van der Waals surface area contributed by atoms with Gasteiger partial charge >= 0.3 is 0 Å². The molecule has 1 saturated heterocycles. The van der Waals surface area contributed by atoms with Crippen molar-refractivity contribution >= 4 is 50.0 Å². The summed E-state index contributed by atoms with van der Waals surface area (Å²) in [4.78, 5) is 2.04. The lowest BCUT2D eigenvalue weighted by atomic mass is 10.4. The summed E-state index contributed by atoms with van der Waals surface area (Å²) in [6, 6.07) is 0. The van der Waals surface area contributed by atoms with E-state index in [4.69, 9.17) is 4.74 Å². The number of rotatable bonds is 4. The Hall–Kier alpha value is -1.54. The van der Waals surface area contributed by atoms with E-state index < -0.39 is 26.9 Å². The molecule has 3 rings (SSSR count). The average molecular weight is 422 g/mol. The second kappa shape index (κ2) is 7.60. The van der Waals surface area contributed by atoms with Gasteiger partial charge in [-0.3, -0.25) is 0 Å². The summed E-state index contributed by atoms with van der Waals surface area (Å²) in [5.74, 6) is -0.258. The normalized spacial score (nSPS) is 22.2. The average Bonchev–Trinajstić information content (AvgIpc) is 3.12. The molecule has 2 aliphatic rings. The Morgan fingerprint density at radius 2 is 2.04 bits per heavy atom. The number of hydrogen-bond acceptors (Lipinski definition) is 8. The molecule has 0 spiro atoms. The van der Waals surface area contributed by atoms with Crippen molar-refractivity contribution in [1.29, 1.82) is 0 Å². The number of amidine groups is 1. The fourth-order valence-electron chi connectivity index (χ4n) is 2.44. The zero-order valence-electron chi connectivity index (χ0n) is 14.2. The SMILES string of the molecule is CCOC1=NS(=O)N=C1Nc1csc(S(=O)(=O)N2CCN(C)CC2)c1O. The lowest BCUT2D eigenvalue weighted by Gasteiger charge is -2.31. The largest absolute Gasteiger partial charge is 0.504 e. The Bertz CT molecular complexity index is 871. The Kier molecular flexibility index (Phi) is 5.62. The summed E-state index contributed by atoms with van der Waals surface area (Å²) in [6.45, 7) is 4.04. The molecule has 1 aromatic heterocycles. The van der Waals surface area contributed by atoms with Gasteiger partial charge in [-0.05, 0) is 14.0 Å². The number of nitrogens with zero attached hydrogens (tertiary/aromatic N) is 4. The van der Waals surface area contributed by atoms with Crippen LogP contribution in [0.2, 0.25) is 0 Å². The van der Waals surface area contributed by atoms with Gasteiger partial charge in [-0.2, -0.15) is 4.31 Å². The summed E-state index contributed by atoms with van der Waals surface area (Å²) >= 11 is -0.894. The first kappa shape index (κ1) is 19.2. The third-order valence-electron chi connectivity index (χ3n) is 3.84. The predicted molar refractivity (Wildman–Crippen MR) is 101 cm³/mol. The van der Waals surface area contributed by atoms with Crippen molar-refractivity contribution in [2.24, 2.45) is 8.80 Å². The lowest BCUT2D eigenvalue weighted by Crippen LogP contribution is -2.46. The van der Waals surface area contributed by atoms with Gasteiger partial charge in [0.05, 0.1) is 12.3 Å². The van der Waals surface area contributed by atoms with E-state index in [2.05, 4.69) is 14.1 Å². The Labute approximate surface area is 158 Å². The molecule has 0 amide bonds. The van der Waals surface area contributed by atoms with Gasteiger partial charge in [-0.1, -0.05) is 0 Å². The van der Waals surface area contributed by atoms with E-state index in [9.17, 15) is 17.7 Å². The fraction of sp³-hybridized carbons (Fsp3) is 0.538. The summed E-state index contributed by atoms with van der Waals surface area (Å²) in [7, 11) is -1.86. The molecule has 144 valence electrons. The first-order valence-corrected chi connectivity index (χ1v) is 11.2. The number of aromatic hydroxyl groups is 1. The maximum Gasteiger partial charge on any atom is 0.271 e. The van der Waals surface area contributed by atoms with Crippen LogP contribution >= 0.6 is 11.3 Å². The molecule has 1 fully saturated rings. The molecular formula is C13H19N5O5S3. The quantitative estimate of drug-likeness (QED) is 0.713. The lowest BCUT2D eigenvalue weighted by molar-refractivity contribution is 0.222. The topological polar surface area (TPSA) is 124 Å². The van der Waals surface area contributed by atoms with Crippen molar-refractivity contribution < 1.29 is 22.5 Å². The highest BCUT2D eigenvalue weighted by atomic mass is 32.2. The van der Waals surface area contributed by atoms with Crippen LogP contribution in [0.1, 0.15) is 6.92 Å². The van der Waals surface area contributed by atoms with Crippen LogP contribution in [0.5, 0.6) is 5.75 Å². The van der Waals surface area contributed by atoms with E-state index >= 15 is 0 Å². The number of likely N-dealkylation sites (N-methyl/N-ethyl adjacent to an activating group) is 1. The zero-order chi connectivity index (χ0) is 18.9. The van der Waals surface area contributed by atoms with E-state index in [0.29, 0.717) is 32.8 Å². The van der Waals surface area contributed by atoms with Crippen LogP contribution in [-0.4, -0.2) is 78.5 Å². The summed E-state index contributed by atoms with van der Waals surface area (Å²) in [5.41, 5.74) is 0.146. The van der Waals surface area contributed by atoms with Gasteiger partial charge in [0, 0.05) is 31.6 Å². The van der Waals surface area contributed by atoms with E-state index in [1.165, 1.54) is 9.69 Å². The highest BCUT2D eigenvalue weighted by molar-refractivity contribution is 7.91. The number of anilines is 1. The van der Waals surface area contributed by atoms with E-state index in [-0.39, 0.29) is 21.6 Å². The summed E-state index contributed by atoms with van der Waals surface area (Å²) < 4.78 is 51.0. The number of thiophene rings is 1. The number of nitrogens with one attached hydrogen (secondary N) is 1. The molecule has 0 saturated carbocycles. The zero-order valence-corrected chi connectivity index (χ0v) is 16.7. The second-order valence-corrected chi connectivity index (χ2v) is 9.46. The van der Waals surface area contributed by atoms with Crippen LogP contribution in [0.25, 0.3) is 0 Å². The van der Waals surface area contributed by atoms with E-state index in [1.807, 2.05) is 11.9 Å². The molecule has 0 aliphatic carbocycles. The molecule has 1 unspecified atom stereocenters. The highest BCUT2D eigenvalue weighted by Crippen LogP contribution is 2.39. The fourth-order valence-corrected chi connectivity index (χ4v) is 5.84. The monoisotopic (exact) mass is 421 g/mol. The van der Waals surface area contributed by atoms with Gasteiger partial charge in [0.25, 0.3) is 27.1 Å². The minimum Gasteiger partial charge on any atom is -0.504 e. The van der Waals surface area contributed by atoms with E-state index in [0.717, 1.165) is 11.3 Å². The van der Waals surface area contributed by atoms with Crippen molar-refractivity contribution in [3.05, 3.63) is 5.38 Å². The molecule has 3 heterocycles. The third kappa shape index (κ3) is 3.76. The highest BCUT2D eigenvalue weighted by Gasteiger charge is 2.33. The molecule has 1 aromatic rings. The summed E-state index contributed by atoms with van der Waals surface area (Å²) in [6.07, 6.45) is 0. The van der Waals surface area contributed by atoms with Crippen LogP contribution in [-0.2, 0) is 25.9 Å². The number of ether oxygens (including phenoxy) is 1. The molecular weight excluding hydrogens is 402 g/mol. The Morgan fingerprint density at radius 1 is 1.35 bits per heavy atom. The van der Waals surface area contributed by atoms with Crippen LogP contribution in [0, 0.1) is 0 Å². The summed E-state index contributed by atoms with van der Waals surface area (Å²) in [5, 5.41) is 14.6. The molecule has 2 aliphatic heterocycles. The van der Waals surface area contributed by atoms with Crippen molar-refractivity contribution in [2.75, 3.05) is 45.2 Å². The maximum absolute atomic E-state index is 12.8. The molecule has 0 aromatic carbocycles. The molecule has 26 heavy (non-hydrogen) atoms. The maximum atomic E-state index is 12.8. The standard InChI is InChI=1S/C13H19N5O5S3/c1-3-23-12-11(15-25(20)16-12)14-9-8-24-13(10(9)19)26(21,22)18-6-4-17(2)5-7-18/h8,19H,3-7H2,1-2H3,(H,14,15). The first-order chi connectivity index (χ1) is 12.3. The van der Waals surface area contributed by atoms with Gasteiger partial charge in [0.2, 0.25) is 5.84 Å². The van der Waals surface area contributed by atoms with Gasteiger partial charge in [0.15, 0.2) is 9.96 Å². The number of piperazine rings is 1. The van der Waals surface area contributed by atoms with Gasteiger partial charge < -0.3 is 20.1 Å². The van der Waals surface area contributed by atoms with Gasteiger partial charge in [-0.25, -0.2) is 12.6 Å². The molecule has 0 radical (unpaired) electrons. The van der Waals surface area contributed by atoms with Crippen LogP contribution < -0.4 is 5.32 Å². The second-order valence-electron chi connectivity index (χ2n) is 5.62. The minimum absolute atomic E-state index is 0.0555. The smallest absolute Gasteiger partial charge is 0.271 e. The molecule has 0 bridgehead atoms. The predicted octanol–water partition coefficient (Wildman–Crippen LogP) is 0.228. The number of hydrogen-bond donors (Lipinski definition) is 2. The van der Waals surface area contributed by atoms with Crippen LogP contribution in [0.4, 0.5) is 5.69 Å². The molecule has 13 heteroatoms. The van der Waals surface area contributed by atoms with Crippen molar-refractivity contribution in [2.45, 2.75) is 11.1 Å². The van der Waals surface area contributed by atoms with Gasteiger partial charge in [0.1, 0.15) is 0 Å². The minimum atomic E-state index is -3.79. The molecule has 10 nitrogen and oxygen atoms in total. The van der Waals surface area contributed by atoms with E-state index in [1.54, 1.807) is 6.92 Å². The van der Waals surface area contributed by atoms with Crippen molar-refractivity contribution in [3.63, 3.8) is 0 Å².